The maximum atomic E-state index is 12.3. The van der Waals surface area contributed by atoms with Gasteiger partial charge in [0.15, 0.2) is 5.69 Å². The van der Waals surface area contributed by atoms with Gasteiger partial charge in [-0.05, 0) is 13.8 Å². The van der Waals surface area contributed by atoms with Crippen LogP contribution in [-0.2, 0) is 13.1 Å². The van der Waals surface area contributed by atoms with E-state index in [4.69, 9.17) is 5.73 Å². The van der Waals surface area contributed by atoms with E-state index < -0.39 is 0 Å². The monoisotopic (exact) mass is 279 g/mol. The van der Waals surface area contributed by atoms with Crippen molar-refractivity contribution >= 4 is 22.9 Å². The molecule has 0 aliphatic carbocycles. The first kappa shape index (κ1) is 13.5. The summed E-state index contributed by atoms with van der Waals surface area (Å²) in [6.07, 6.45) is 1.67. The number of nitrogens with two attached hydrogens (primary N) is 1. The van der Waals surface area contributed by atoms with Gasteiger partial charge in [0.1, 0.15) is 0 Å². The minimum absolute atomic E-state index is 0.185. The lowest BCUT2D eigenvalue weighted by Crippen LogP contribution is -2.27. The summed E-state index contributed by atoms with van der Waals surface area (Å²) in [4.78, 5) is 18.2. The van der Waals surface area contributed by atoms with Crippen LogP contribution in [0.15, 0.2) is 11.6 Å². The topological polar surface area (TPSA) is 77.0 Å². The molecule has 0 atom stereocenters. The Kier molecular flexibility index (Phi) is 3.84. The van der Waals surface area contributed by atoms with Crippen LogP contribution in [0.2, 0.25) is 0 Å². The van der Waals surface area contributed by atoms with Crippen molar-refractivity contribution < 1.29 is 4.79 Å². The smallest absolute Gasteiger partial charge is 0.276 e. The van der Waals surface area contributed by atoms with Crippen LogP contribution < -0.4 is 5.73 Å². The number of carbonyl (C=O) groups excluding carboxylic acids is 1. The molecule has 0 aromatic carbocycles. The van der Waals surface area contributed by atoms with E-state index in [1.54, 1.807) is 34.2 Å². The van der Waals surface area contributed by atoms with Crippen molar-refractivity contribution in [2.45, 2.75) is 26.9 Å². The van der Waals surface area contributed by atoms with Gasteiger partial charge < -0.3 is 10.6 Å². The number of thiazole rings is 1. The zero-order valence-corrected chi connectivity index (χ0v) is 12.1. The molecule has 7 heteroatoms. The summed E-state index contributed by atoms with van der Waals surface area (Å²) >= 11 is 1.57. The summed E-state index contributed by atoms with van der Waals surface area (Å²) in [6, 6.07) is 0. The van der Waals surface area contributed by atoms with Gasteiger partial charge in [0.25, 0.3) is 5.91 Å². The molecule has 19 heavy (non-hydrogen) atoms. The molecule has 2 aromatic heterocycles. The fourth-order valence-electron chi connectivity index (χ4n) is 1.74. The van der Waals surface area contributed by atoms with Gasteiger partial charge in [0.05, 0.1) is 22.9 Å². The number of aryl methyl sites for hydroxylation is 2. The third kappa shape index (κ3) is 2.93. The summed E-state index contributed by atoms with van der Waals surface area (Å²) in [5.74, 6) is -0.185. The van der Waals surface area contributed by atoms with E-state index in [1.807, 2.05) is 19.2 Å². The minimum atomic E-state index is -0.185. The average Bonchev–Trinajstić information content (AvgIpc) is 2.94. The van der Waals surface area contributed by atoms with Gasteiger partial charge in [-0.3, -0.25) is 9.48 Å². The molecule has 0 aliphatic rings. The Labute approximate surface area is 115 Å². The first-order valence-corrected chi connectivity index (χ1v) is 6.88. The Morgan fingerprint density at radius 2 is 2.32 bits per heavy atom. The lowest BCUT2D eigenvalue weighted by molar-refractivity contribution is 0.0778. The highest BCUT2D eigenvalue weighted by molar-refractivity contribution is 7.09. The SMILES string of the molecule is CCn1cc(N)c(C(=O)N(C)Cc2csc(C)n2)n1. The van der Waals surface area contributed by atoms with E-state index in [9.17, 15) is 4.79 Å². The highest BCUT2D eigenvalue weighted by atomic mass is 32.1. The molecule has 0 bridgehead atoms. The molecule has 2 N–H and O–H groups in total. The van der Waals surface area contributed by atoms with Gasteiger partial charge in [-0.2, -0.15) is 5.10 Å². The Morgan fingerprint density at radius 1 is 1.58 bits per heavy atom. The van der Waals surface area contributed by atoms with Crippen LogP contribution in [0.1, 0.15) is 28.1 Å². The van der Waals surface area contributed by atoms with Gasteiger partial charge >= 0.3 is 0 Å². The number of anilines is 1. The number of hydrogen-bond acceptors (Lipinski definition) is 5. The average molecular weight is 279 g/mol. The molecule has 0 fully saturated rings. The molecule has 2 heterocycles. The van der Waals surface area contributed by atoms with Crippen molar-refractivity contribution in [2.75, 3.05) is 12.8 Å². The van der Waals surface area contributed by atoms with Crippen LogP contribution in [0, 0.1) is 6.92 Å². The van der Waals surface area contributed by atoms with Gasteiger partial charge in [0.2, 0.25) is 0 Å². The Morgan fingerprint density at radius 3 is 2.84 bits per heavy atom. The molecule has 0 saturated carbocycles. The fourth-order valence-corrected chi connectivity index (χ4v) is 2.35. The van der Waals surface area contributed by atoms with Crippen LogP contribution in [-0.4, -0.2) is 32.6 Å². The van der Waals surface area contributed by atoms with Crippen molar-refractivity contribution in [1.82, 2.24) is 19.7 Å². The molecule has 6 nitrogen and oxygen atoms in total. The first-order valence-electron chi connectivity index (χ1n) is 6.00. The predicted octanol–water partition coefficient (Wildman–Crippen LogP) is 1.52. The summed E-state index contributed by atoms with van der Waals surface area (Å²) in [6.45, 7) is 5.04. The fraction of sp³-hybridized carbons (Fsp3) is 0.417. The predicted molar refractivity (Wildman–Crippen MR) is 75.0 cm³/mol. The maximum absolute atomic E-state index is 12.3. The Balaban J connectivity index is 2.12. The van der Waals surface area contributed by atoms with Gasteiger partial charge in [-0.15, -0.1) is 11.3 Å². The number of hydrogen-bond donors (Lipinski definition) is 1. The van der Waals surface area contributed by atoms with Gasteiger partial charge in [0, 0.05) is 25.2 Å². The van der Waals surface area contributed by atoms with E-state index in [-0.39, 0.29) is 5.91 Å². The molecule has 2 aromatic rings. The number of nitrogens with zero attached hydrogens (tertiary/aromatic N) is 4. The number of nitrogen functional groups attached to an aromatic ring is 1. The molecule has 0 unspecified atom stereocenters. The lowest BCUT2D eigenvalue weighted by atomic mass is 10.3. The number of rotatable bonds is 4. The molecule has 0 spiro atoms. The quantitative estimate of drug-likeness (QED) is 0.920. The standard InChI is InChI=1S/C12H17N5OS/c1-4-17-6-10(13)11(15-17)12(18)16(3)5-9-7-19-8(2)14-9/h6-7H,4-5,13H2,1-3H3. The number of amides is 1. The van der Waals surface area contributed by atoms with E-state index in [0.29, 0.717) is 24.5 Å². The van der Waals surface area contributed by atoms with E-state index in [0.717, 1.165) is 10.7 Å². The van der Waals surface area contributed by atoms with E-state index >= 15 is 0 Å². The van der Waals surface area contributed by atoms with Crippen LogP contribution in [0.3, 0.4) is 0 Å². The third-order valence-corrected chi connectivity index (χ3v) is 3.55. The zero-order chi connectivity index (χ0) is 14.0. The summed E-state index contributed by atoms with van der Waals surface area (Å²) in [5, 5.41) is 7.12. The molecule has 1 amide bonds. The second kappa shape index (κ2) is 5.40. The third-order valence-electron chi connectivity index (χ3n) is 2.73. The second-order valence-electron chi connectivity index (χ2n) is 4.31. The Bertz CT molecular complexity index is 589. The molecule has 2 rings (SSSR count). The lowest BCUT2D eigenvalue weighted by Gasteiger charge is -2.14. The maximum Gasteiger partial charge on any atom is 0.276 e. The molecule has 0 aliphatic heterocycles. The van der Waals surface area contributed by atoms with Crippen molar-refractivity contribution in [3.8, 4) is 0 Å². The molecule has 0 radical (unpaired) electrons. The van der Waals surface area contributed by atoms with Gasteiger partial charge in [-0.1, -0.05) is 0 Å². The number of carbonyl (C=O) groups is 1. The zero-order valence-electron chi connectivity index (χ0n) is 11.3. The molecular weight excluding hydrogens is 262 g/mol. The van der Waals surface area contributed by atoms with Gasteiger partial charge in [-0.25, -0.2) is 4.98 Å². The van der Waals surface area contributed by atoms with Crippen molar-refractivity contribution in [2.24, 2.45) is 0 Å². The van der Waals surface area contributed by atoms with Crippen molar-refractivity contribution in [3.63, 3.8) is 0 Å². The highest BCUT2D eigenvalue weighted by Gasteiger charge is 2.19. The largest absolute Gasteiger partial charge is 0.396 e. The van der Waals surface area contributed by atoms with Crippen LogP contribution in [0.5, 0.6) is 0 Å². The van der Waals surface area contributed by atoms with E-state index in [1.165, 1.54) is 0 Å². The second-order valence-corrected chi connectivity index (χ2v) is 5.37. The van der Waals surface area contributed by atoms with E-state index in [2.05, 4.69) is 10.1 Å². The molecular formula is C12H17N5OS. The molecule has 102 valence electrons. The summed E-state index contributed by atoms with van der Waals surface area (Å²) < 4.78 is 1.66. The number of aromatic nitrogens is 3. The van der Waals surface area contributed by atoms with Crippen molar-refractivity contribution in [1.29, 1.82) is 0 Å². The summed E-state index contributed by atoms with van der Waals surface area (Å²) in [5.41, 5.74) is 7.40. The van der Waals surface area contributed by atoms with Crippen molar-refractivity contribution in [3.05, 3.63) is 28.0 Å². The first-order chi connectivity index (χ1) is 9.01. The highest BCUT2D eigenvalue weighted by Crippen LogP contribution is 2.14. The molecule has 0 saturated heterocycles. The minimum Gasteiger partial charge on any atom is -0.396 e. The Hall–Kier alpha value is -1.89. The summed E-state index contributed by atoms with van der Waals surface area (Å²) in [7, 11) is 1.72. The normalized spacial score (nSPS) is 10.7. The van der Waals surface area contributed by atoms with Crippen LogP contribution in [0.4, 0.5) is 5.69 Å². The van der Waals surface area contributed by atoms with Crippen LogP contribution >= 0.6 is 11.3 Å². The van der Waals surface area contributed by atoms with Crippen LogP contribution in [0.25, 0.3) is 0 Å².